The van der Waals surface area contributed by atoms with Crippen LogP contribution < -0.4 is 14.8 Å². The van der Waals surface area contributed by atoms with Crippen LogP contribution in [-0.2, 0) is 0 Å². The second-order valence-electron chi connectivity index (χ2n) is 3.73. The molecule has 0 bridgehead atoms. The molecule has 0 spiro atoms. The summed E-state index contributed by atoms with van der Waals surface area (Å²) in [6, 6.07) is 7.85. The number of rotatable bonds is 4. The molecule has 2 rings (SSSR count). The molecule has 16 heavy (non-hydrogen) atoms. The number of likely N-dealkylation sites (N-methyl/N-ethyl adjacent to an activating group) is 1. The molecule has 0 fully saturated rings. The van der Waals surface area contributed by atoms with Gasteiger partial charge in [-0.15, -0.1) is 6.58 Å². The average Bonchev–Trinajstić information content (AvgIpc) is 2.35. The predicted molar refractivity (Wildman–Crippen MR) is 64.0 cm³/mol. The van der Waals surface area contributed by atoms with Gasteiger partial charge in [0.05, 0.1) is 6.04 Å². The molecule has 1 aromatic rings. The van der Waals surface area contributed by atoms with Gasteiger partial charge < -0.3 is 14.8 Å². The summed E-state index contributed by atoms with van der Waals surface area (Å²) in [5.41, 5.74) is 0. The van der Waals surface area contributed by atoms with Crippen LogP contribution >= 0.6 is 0 Å². The van der Waals surface area contributed by atoms with E-state index < -0.39 is 0 Å². The Morgan fingerprint density at radius 1 is 1.50 bits per heavy atom. The van der Waals surface area contributed by atoms with Crippen LogP contribution in [0.2, 0.25) is 0 Å². The molecule has 1 aliphatic rings. The van der Waals surface area contributed by atoms with Crippen LogP contribution in [0.1, 0.15) is 6.92 Å². The molecule has 1 aliphatic heterocycles. The Hall–Kier alpha value is -1.48. The van der Waals surface area contributed by atoms with Gasteiger partial charge in [-0.1, -0.05) is 25.1 Å². The van der Waals surface area contributed by atoms with E-state index >= 15 is 0 Å². The highest BCUT2D eigenvalue weighted by Crippen LogP contribution is 2.31. The van der Waals surface area contributed by atoms with E-state index in [1.165, 1.54) is 0 Å². The topological polar surface area (TPSA) is 30.5 Å². The van der Waals surface area contributed by atoms with E-state index in [1.54, 1.807) is 0 Å². The highest BCUT2D eigenvalue weighted by atomic mass is 16.6. The first kappa shape index (κ1) is 11.0. The number of fused-ring (bicyclic) bond motifs is 1. The fraction of sp³-hybridized carbons (Fsp3) is 0.385. The van der Waals surface area contributed by atoms with Crippen LogP contribution in [0.15, 0.2) is 36.9 Å². The third-order valence-corrected chi connectivity index (χ3v) is 2.62. The zero-order valence-electron chi connectivity index (χ0n) is 9.48. The minimum absolute atomic E-state index is 0.00708. The molecule has 3 nitrogen and oxygen atoms in total. The first-order valence-electron chi connectivity index (χ1n) is 5.59. The summed E-state index contributed by atoms with van der Waals surface area (Å²) in [7, 11) is 0. The first-order chi connectivity index (χ1) is 7.85. The van der Waals surface area contributed by atoms with Crippen molar-refractivity contribution in [2.45, 2.75) is 19.1 Å². The van der Waals surface area contributed by atoms with Crippen molar-refractivity contribution >= 4 is 0 Å². The van der Waals surface area contributed by atoms with Crippen molar-refractivity contribution in [3.8, 4) is 11.5 Å². The quantitative estimate of drug-likeness (QED) is 0.786. The minimum Gasteiger partial charge on any atom is -0.486 e. The van der Waals surface area contributed by atoms with E-state index in [2.05, 4.69) is 18.8 Å². The summed E-state index contributed by atoms with van der Waals surface area (Å²) in [4.78, 5) is 0. The monoisotopic (exact) mass is 219 g/mol. The van der Waals surface area contributed by atoms with Crippen molar-refractivity contribution < 1.29 is 9.47 Å². The Morgan fingerprint density at radius 2 is 2.25 bits per heavy atom. The maximum absolute atomic E-state index is 5.88. The van der Waals surface area contributed by atoms with Crippen molar-refractivity contribution in [2.75, 3.05) is 13.2 Å². The fourth-order valence-corrected chi connectivity index (χ4v) is 1.82. The molecule has 0 aromatic heterocycles. The van der Waals surface area contributed by atoms with Crippen LogP contribution in [0.5, 0.6) is 11.5 Å². The molecule has 3 heteroatoms. The number of nitrogens with one attached hydrogen (secondary N) is 1. The normalized spacial score (nSPS) is 20.2. The molecule has 86 valence electrons. The molecule has 2 atom stereocenters. The third-order valence-electron chi connectivity index (χ3n) is 2.62. The van der Waals surface area contributed by atoms with Gasteiger partial charge in [-0.25, -0.2) is 0 Å². The highest BCUT2D eigenvalue weighted by molar-refractivity contribution is 5.40. The van der Waals surface area contributed by atoms with Gasteiger partial charge >= 0.3 is 0 Å². The van der Waals surface area contributed by atoms with E-state index in [9.17, 15) is 0 Å². The van der Waals surface area contributed by atoms with Crippen LogP contribution in [-0.4, -0.2) is 25.3 Å². The molecule has 0 radical (unpaired) electrons. The maximum Gasteiger partial charge on any atom is 0.161 e. The Bertz CT molecular complexity index is 365. The fourth-order valence-electron chi connectivity index (χ4n) is 1.82. The molecule has 2 unspecified atom stereocenters. The van der Waals surface area contributed by atoms with E-state index in [1.807, 2.05) is 30.3 Å². The van der Waals surface area contributed by atoms with E-state index in [4.69, 9.17) is 9.47 Å². The van der Waals surface area contributed by atoms with Gasteiger partial charge in [0.2, 0.25) is 0 Å². The smallest absolute Gasteiger partial charge is 0.161 e. The Balaban J connectivity index is 2.09. The zero-order valence-corrected chi connectivity index (χ0v) is 9.48. The van der Waals surface area contributed by atoms with Gasteiger partial charge in [0.25, 0.3) is 0 Å². The standard InChI is InChI=1S/C13H17NO2/c1-3-10(14-4-2)13-9-15-11-7-5-6-8-12(11)16-13/h3,5-8,10,13-14H,1,4,9H2,2H3. The van der Waals surface area contributed by atoms with Gasteiger partial charge in [-0.2, -0.15) is 0 Å². The van der Waals surface area contributed by atoms with Crippen molar-refractivity contribution in [3.63, 3.8) is 0 Å². The maximum atomic E-state index is 5.88. The number of hydrogen-bond donors (Lipinski definition) is 1. The van der Waals surface area contributed by atoms with Gasteiger partial charge in [-0.05, 0) is 18.7 Å². The summed E-state index contributed by atoms with van der Waals surface area (Å²) in [5.74, 6) is 1.63. The molecule has 1 aromatic carbocycles. The van der Waals surface area contributed by atoms with Crippen molar-refractivity contribution in [1.29, 1.82) is 0 Å². The van der Waals surface area contributed by atoms with Gasteiger partial charge in [0.1, 0.15) is 6.61 Å². The SMILES string of the molecule is C=CC(NCC)C1COc2ccccc2O1. The second-order valence-corrected chi connectivity index (χ2v) is 3.73. The Kier molecular flexibility index (Phi) is 3.47. The summed E-state index contributed by atoms with van der Waals surface area (Å²) in [6.45, 7) is 7.32. The van der Waals surface area contributed by atoms with Crippen LogP contribution in [0, 0.1) is 0 Å². The van der Waals surface area contributed by atoms with E-state index in [-0.39, 0.29) is 12.1 Å². The lowest BCUT2D eigenvalue weighted by Gasteiger charge is -2.31. The molecule has 0 amide bonds. The molecular weight excluding hydrogens is 202 g/mol. The molecule has 1 N–H and O–H groups in total. The van der Waals surface area contributed by atoms with Crippen molar-refractivity contribution in [2.24, 2.45) is 0 Å². The first-order valence-corrected chi connectivity index (χ1v) is 5.59. The largest absolute Gasteiger partial charge is 0.486 e. The summed E-state index contributed by atoms with van der Waals surface area (Å²) < 4.78 is 11.5. The van der Waals surface area contributed by atoms with Gasteiger partial charge in [0, 0.05) is 0 Å². The molecule has 1 heterocycles. The second kappa shape index (κ2) is 5.03. The third kappa shape index (κ3) is 2.19. The lowest BCUT2D eigenvalue weighted by molar-refractivity contribution is 0.0742. The number of hydrogen-bond acceptors (Lipinski definition) is 3. The van der Waals surface area contributed by atoms with Crippen LogP contribution in [0.25, 0.3) is 0 Å². The van der Waals surface area contributed by atoms with Crippen LogP contribution in [0.3, 0.4) is 0 Å². The summed E-state index contributed by atoms with van der Waals surface area (Å²) in [5, 5.41) is 3.31. The lowest BCUT2D eigenvalue weighted by atomic mass is 10.1. The van der Waals surface area contributed by atoms with Crippen LogP contribution in [0.4, 0.5) is 0 Å². The van der Waals surface area contributed by atoms with Crippen molar-refractivity contribution in [1.82, 2.24) is 5.32 Å². The highest BCUT2D eigenvalue weighted by Gasteiger charge is 2.26. The molecular formula is C13H17NO2. The lowest BCUT2D eigenvalue weighted by Crippen LogP contribution is -2.46. The molecule has 0 aliphatic carbocycles. The van der Waals surface area contributed by atoms with E-state index in [0.29, 0.717) is 6.61 Å². The molecule has 0 saturated carbocycles. The Labute approximate surface area is 96.1 Å². The minimum atomic E-state index is -0.00708. The molecule has 0 saturated heterocycles. The Morgan fingerprint density at radius 3 is 2.94 bits per heavy atom. The average molecular weight is 219 g/mol. The number of para-hydroxylation sites is 2. The van der Waals surface area contributed by atoms with E-state index in [0.717, 1.165) is 18.0 Å². The van der Waals surface area contributed by atoms with Crippen molar-refractivity contribution in [3.05, 3.63) is 36.9 Å². The number of ether oxygens (including phenoxy) is 2. The zero-order chi connectivity index (χ0) is 11.4. The predicted octanol–water partition coefficient (Wildman–Crippen LogP) is 1.99. The number of benzene rings is 1. The summed E-state index contributed by atoms with van der Waals surface area (Å²) in [6.07, 6.45) is 1.86. The summed E-state index contributed by atoms with van der Waals surface area (Å²) >= 11 is 0. The van der Waals surface area contributed by atoms with Gasteiger partial charge in [-0.3, -0.25) is 0 Å². The van der Waals surface area contributed by atoms with Gasteiger partial charge in [0.15, 0.2) is 17.6 Å².